The van der Waals surface area contributed by atoms with Gasteiger partial charge in [0, 0.05) is 45.9 Å². The Morgan fingerprint density at radius 3 is 2.88 bits per heavy atom. The van der Waals surface area contributed by atoms with Crippen molar-refractivity contribution in [1.29, 1.82) is 0 Å². The molecule has 0 radical (unpaired) electrons. The highest BCUT2D eigenvalue weighted by Gasteiger charge is 2.34. The number of aliphatic hydroxyl groups excluding tert-OH is 1. The van der Waals surface area contributed by atoms with Crippen molar-refractivity contribution in [3.8, 4) is 0 Å². The van der Waals surface area contributed by atoms with E-state index in [4.69, 9.17) is 9.47 Å². The molecular formula is C18H29N3O3. The van der Waals surface area contributed by atoms with Gasteiger partial charge in [-0.25, -0.2) is 0 Å². The summed E-state index contributed by atoms with van der Waals surface area (Å²) in [5, 5.41) is 16.0. The molecule has 24 heavy (non-hydrogen) atoms. The van der Waals surface area contributed by atoms with Crippen molar-refractivity contribution in [2.24, 2.45) is 10.4 Å². The van der Waals surface area contributed by atoms with E-state index in [1.807, 2.05) is 6.07 Å². The predicted molar refractivity (Wildman–Crippen MR) is 94.9 cm³/mol. The Morgan fingerprint density at radius 2 is 2.21 bits per heavy atom. The number of aliphatic imine (C=N–C) groups is 1. The fraction of sp³-hybridized carbons (Fsp3) is 0.611. The van der Waals surface area contributed by atoms with E-state index in [1.54, 1.807) is 14.2 Å². The lowest BCUT2D eigenvalue weighted by molar-refractivity contribution is 0.127. The van der Waals surface area contributed by atoms with Gasteiger partial charge in [0.2, 0.25) is 0 Å². The van der Waals surface area contributed by atoms with Gasteiger partial charge in [-0.3, -0.25) is 4.99 Å². The maximum Gasteiger partial charge on any atom is 0.191 e. The van der Waals surface area contributed by atoms with Gasteiger partial charge < -0.3 is 25.2 Å². The van der Waals surface area contributed by atoms with Crippen LogP contribution in [-0.4, -0.2) is 51.6 Å². The topological polar surface area (TPSA) is 75.1 Å². The molecular weight excluding hydrogens is 306 g/mol. The SMILES string of the molecule is CN=C(NCc1cccc(COC)c1)NCC1(CCO)CCOC1. The summed E-state index contributed by atoms with van der Waals surface area (Å²) in [6.07, 6.45) is 1.71. The molecule has 1 aliphatic rings. The molecule has 0 aliphatic carbocycles. The van der Waals surface area contributed by atoms with Gasteiger partial charge in [-0.15, -0.1) is 0 Å². The van der Waals surface area contributed by atoms with E-state index in [0.29, 0.717) is 19.8 Å². The third-order valence-corrected chi connectivity index (χ3v) is 4.44. The first-order chi connectivity index (χ1) is 11.7. The van der Waals surface area contributed by atoms with Gasteiger partial charge in [0.25, 0.3) is 0 Å². The zero-order valence-electron chi connectivity index (χ0n) is 14.7. The van der Waals surface area contributed by atoms with Gasteiger partial charge in [0.05, 0.1) is 13.2 Å². The normalized spacial score (nSPS) is 21.0. The van der Waals surface area contributed by atoms with Crippen molar-refractivity contribution in [1.82, 2.24) is 10.6 Å². The zero-order chi connectivity index (χ0) is 17.3. The second kappa shape index (κ2) is 9.61. The Kier molecular flexibility index (Phi) is 7.49. The van der Waals surface area contributed by atoms with Gasteiger partial charge in [0.1, 0.15) is 0 Å². The summed E-state index contributed by atoms with van der Waals surface area (Å²) in [4.78, 5) is 4.28. The summed E-state index contributed by atoms with van der Waals surface area (Å²) in [5.74, 6) is 0.761. The first kappa shape index (κ1) is 18.7. The van der Waals surface area contributed by atoms with Crippen molar-refractivity contribution in [2.45, 2.75) is 26.0 Å². The fourth-order valence-corrected chi connectivity index (χ4v) is 2.99. The highest BCUT2D eigenvalue weighted by atomic mass is 16.5. The van der Waals surface area contributed by atoms with Gasteiger partial charge >= 0.3 is 0 Å². The third-order valence-electron chi connectivity index (χ3n) is 4.44. The molecule has 1 saturated heterocycles. The molecule has 1 aromatic carbocycles. The van der Waals surface area contributed by atoms with Crippen LogP contribution in [0.1, 0.15) is 24.0 Å². The first-order valence-corrected chi connectivity index (χ1v) is 8.41. The Bertz CT molecular complexity index is 528. The average Bonchev–Trinajstić information content (AvgIpc) is 3.05. The van der Waals surface area contributed by atoms with Crippen molar-refractivity contribution < 1.29 is 14.6 Å². The van der Waals surface area contributed by atoms with E-state index in [2.05, 4.69) is 33.8 Å². The number of benzene rings is 1. The van der Waals surface area contributed by atoms with Crippen LogP contribution in [0.15, 0.2) is 29.3 Å². The van der Waals surface area contributed by atoms with Crippen molar-refractivity contribution in [2.75, 3.05) is 40.5 Å². The largest absolute Gasteiger partial charge is 0.396 e. The summed E-state index contributed by atoms with van der Waals surface area (Å²) >= 11 is 0. The molecule has 1 fully saturated rings. The molecule has 134 valence electrons. The van der Waals surface area contributed by atoms with Crippen LogP contribution in [-0.2, 0) is 22.6 Å². The molecule has 0 aromatic heterocycles. The number of ether oxygens (including phenoxy) is 2. The molecule has 0 saturated carbocycles. The van der Waals surface area contributed by atoms with Gasteiger partial charge in [-0.05, 0) is 24.0 Å². The lowest BCUT2D eigenvalue weighted by Gasteiger charge is -2.27. The molecule has 6 nitrogen and oxygen atoms in total. The first-order valence-electron chi connectivity index (χ1n) is 8.41. The Hall–Kier alpha value is -1.63. The zero-order valence-corrected chi connectivity index (χ0v) is 14.7. The van der Waals surface area contributed by atoms with Crippen molar-refractivity contribution in [3.63, 3.8) is 0 Å². The monoisotopic (exact) mass is 335 g/mol. The standard InChI is InChI=1S/C18H29N3O3/c1-19-17(21-13-18(6-8-22)7-9-24-14-18)20-11-15-4-3-5-16(10-15)12-23-2/h3-5,10,22H,6-9,11-14H2,1-2H3,(H2,19,20,21). The molecule has 1 atom stereocenters. The summed E-state index contributed by atoms with van der Waals surface area (Å²) in [6.45, 7) is 3.70. The minimum Gasteiger partial charge on any atom is -0.396 e. The smallest absolute Gasteiger partial charge is 0.191 e. The van der Waals surface area contributed by atoms with E-state index in [0.717, 1.165) is 37.5 Å². The Labute approximate surface area is 144 Å². The van der Waals surface area contributed by atoms with Gasteiger partial charge in [0.15, 0.2) is 5.96 Å². The number of hydrogen-bond acceptors (Lipinski definition) is 4. The highest BCUT2D eigenvalue weighted by molar-refractivity contribution is 5.79. The average molecular weight is 335 g/mol. The summed E-state index contributed by atoms with van der Waals surface area (Å²) in [5.41, 5.74) is 2.34. The van der Waals surface area contributed by atoms with Crippen LogP contribution in [0.5, 0.6) is 0 Å². The molecule has 0 amide bonds. The Morgan fingerprint density at radius 1 is 1.38 bits per heavy atom. The van der Waals surface area contributed by atoms with Crippen molar-refractivity contribution in [3.05, 3.63) is 35.4 Å². The number of aliphatic hydroxyl groups is 1. The number of rotatable bonds is 8. The molecule has 1 heterocycles. The molecule has 0 bridgehead atoms. The predicted octanol–water partition coefficient (Wildman–Crippen LogP) is 1.29. The number of nitrogens with zero attached hydrogens (tertiary/aromatic N) is 1. The van der Waals surface area contributed by atoms with Gasteiger partial charge in [-0.2, -0.15) is 0 Å². The molecule has 1 aliphatic heterocycles. The van der Waals surface area contributed by atoms with Crippen LogP contribution in [0.4, 0.5) is 0 Å². The van der Waals surface area contributed by atoms with Gasteiger partial charge in [-0.1, -0.05) is 24.3 Å². The molecule has 0 spiro atoms. The molecule has 1 unspecified atom stereocenters. The molecule has 2 rings (SSSR count). The molecule has 1 aromatic rings. The van der Waals surface area contributed by atoms with Crippen LogP contribution in [0.2, 0.25) is 0 Å². The van der Waals surface area contributed by atoms with E-state index >= 15 is 0 Å². The van der Waals surface area contributed by atoms with E-state index in [1.165, 1.54) is 5.56 Å². The van der Waals surface area contributed by atoms with E-state index < -0.39 is 0 Å². The highest BCUT2D eigenvalue weighted by Crippen LogP contribution is 2.31. The fourth-order valence-electron chi connectivity index (χ4n) is 2.99. The number of guanidine groups is 1. The van der Waals surface area contributed by atoms with E-state index in [-0.39, 0.29) is 12.0 Å². The number of nitrogens with one attached hydrogen (secondary N) is 2. The van der Waals surface area contributed by atoms with Crippen LogP contribution in [0, 0.1) is 5.41 Å². The maximum absolute atomic E-state index is 9.30. The molecule has 6 heteroatoms. The minimum absolute atomic E-state index is 0.00471. The summed E-state index contributed by atoms with van der Waals surface area (Å²) in [6, 6.07) is 8.30. The van der Waals surface area contributed by atoms with Crippen LogP contribution >= 0.6 is 0 Å². The lowest BCUT2D eigenvalue weighted by atomic mass is 9.84. The van der Waals surface area contributed by atoms with Crippen molar-refractivity contribution >= 4 is 5.96 Å². The Balaban J connectivity index is 1.85. The van der Waals surface area contributed by atoms with Crippen LogP contribution in [0.3, 0.4) is 0 Å². The minimum atomic E-state index is 0.00471. The quantitative estimate of drug-likeness (QED) is 0.493. The number of methoxy groups -OCH3 is 1. The number of hydrogen-bond donors (Lipinski definition) is 3. The summed E-state index contributed by atoms with van der Waals surface area (Å²) in [7, 11) is 3.46. The third kappa shape index (κ3) is 5.47. The maximum atomic E-state index is 9.30. The second-order valence-corrected chi connectivity index (χ2v) is 6.31. The summed E-state index contributed by atoms with van der Waals surface area (Å²) < 4.78 is 10.7. The van der Waals surface area contributed by atoms with Crippen LogP contribution in [0.25, 0.3) is 0 Å². The molecule has 3 N–H and O–H groups in total. The van der Waals surface area contributed by atoms with Crippen LogP contribution < -0.4 is 10.6 Å². The second-order valence-electron chi connectivity index (χ2n) is 6.31. The van der Waals surface area contributed by atoms with E-state index in [9.17, 15) is 5.11 Å². The lowest BCUT2D eigenvalue weighted by Crippen LogP contribution is -2.44.